The van der Waals surface area contributed by atoms with Crippen molar-refractivity contribution in [3.8, 4) is 0 Å². The van der Waals surface area contributed by atoms with Crippen LogP contribution in [0.15, 0.2) is 30.3 Å². The van der Waals surface area contributed by atoms with E-state index in [1.54, 1.807) is 0 Å². The summed E-state index contributed by atoms with van der Waals surface area (Å²) in [5.74, 6) is 0. The minimum absolute atomic E-state index is 0.0916. The summed E-state index contributed by atoms with van der Waals surface area (Å²) in [6, 6.07) is 9.47. The molecule has 0 aromatic heterocycles. The first kappa shape index (κ1) is 12.0. The summed E-state index contributed by atoms with van der Waals surface area (Å²) in [7, 11) is -4.55. The zero-order valence-corrected chi connectivity index (χ0v) is 8.87. The summed E-state index contributed by atoms with van der Waals surface area (Å²) in [6.07, 6.45) is 0.455. The van der Waals surface area contributed by atoms with E-state index in [0.29, 0.717) is 13.0 Å². The lowest BCUT2D eigenvalue weighted by atomic mass is 10.3. The van der Waals surface area contributed by atoms with Crippen molar-refractivity contribution >= 4 is 16.1 Å². The van der Waals surface area contributed by atoms with Crippen LogP contribution >= 0.6 is 0 Å². The molecule has 0 spiro atoms. The molecule has 0 saturated carbocycles. The first-order valence-corrected chi connectivity index (χ1v) is 5.80. The van der Waals surface area contributed by atoms with Gasteiger partial charge in [-0.1, -0.05) is 18.2 Å². The van der Waals surface area contributed by atoms with E-state index in [-0.39, 0.29) is 6.61 Å². The van der Waals surface area contributed by atoms with Crippen LogP contribution in [0.3, 0.4) is 0 Å². The van der Waals surface area contributed by atoms with Gasteiger partial charge in [-0.15, -0.1) is 0 Å². The van der Waals surface area contributed by atoms with Gasteiger partial charge < -0.3 is 9.87 Å². The van der Waals surface area contributed by atoms with E-state index in [2.05, 4.69) is 9.50 Å². The van der Waals surface area contributed by atoms with Crippen molar-refractivity contribution < 1.29 is 17.2 Å². The fourth-order valence-electron chi connectivity index (χ4n) is 1.02. The van der Waals surface area contributed by atoms with Crippen LogP contribution in [0, 0.1) is 0 Å². The van der Waals surface area contributed by atoms with E-state index in [9.17, 15) is 13.0 Å². The van der Waals surface area contributed by atoms with Gasteiger partial charge in [0.25, 0.3) is 0 Å². The van der Waals surface area contributed by atoms with Crippen molar-refractivity contribution in [2.24, 2.45) is 0 Å². The number of hydrogen-bond donors (Lipinski definition) is 1. The van der Waals surface area contributed by atoms with Crippen LogP contribution in [0.5, 0.6) is 0 Å². The van der Waals surface area contributed by atoms with Gasteiger partial charge >= 0.3 is 0 Å². The third-order valence-corrected chi connectivity index (χ3v) is 2.11. The van der Waals surface area contributed by atoms with Gasteiger partial charge in [-0.05, 0) is 18.6 Å². The largest absolute Gasteiger partial charge is 0.726 e. The zero-order valence-electron chi connectivity index (χ0n) is 8.05. The number of hydrogen-bond acceptors (Lipinski definition) is 5. The monoisotopic (exact) mass is 230 g/mol. The van der Waals surface area contributed by atoms with E-state index >= 15 is 0 Å². The second-order valence-corrected chi connectivity index (χ2v) is 3.93. The zero-order chi connectivity index (χ0) is 11.1. The van der Waals surface area contributed by atoms with Crippen molar-refractivity contribution in [1.29, 1.82) is 0 Å². The Hall–Kier alpha value is -1.11. The van der Waals surface area contributed by atoms with Gasteiger partial charge in [0.05, 0.1) is 6.61 Å². The summed E-state index contributed by atoms with van der Waals surface area (Å²) < 4.78 is 34.2. The molecule has 0 amide bonds. The molecule has 1 N–H and O–H groups in total. The summed E-state index contributed by atoms with van der Waals surface area (Å²) in [6.45, 7) is 0.463. The predicted molar refractivity (Wildman–Crippen MR) is 55.2 cm³/mol. The van der Waals surface area contributed by atoms with E-state index in [1.165, 1.54) is 0 Å². The molecule has 1 rings (SSSR count). The lowest BCUT2D eigenvalue weighted by Crippen LogP contribution is -2.09. The van der Waals surface area contributed by atoms with Crippen LogP contribution in [-0.2, 0) is 14.6 Å². The lowest BCUT2D eigenvalue weighted by molar-refractivity contribution is 0.260. The number of anilines is 1. The molecule has 1 aromatic rings. The molecule has 0 fully saturated rings. The fourth-order valence-corrected chi connectivity index (χ4v) is 1.34. The molecule has 0 radical (unpaired) electrons. The van der Waals surface area contributed by atoms with Crippen LogP contribution in [0.2, 0.25) is 0 Å². The molecule has 0 aliphatic rings. The second kappa shape index (κ2) is 5.69. The molecule has 1 aromatic carbocycles. The summed E-state index contributed by atoms with van der Waals surface area (Å²) in [4.78, 5) is 0. The minimum Gasteiger partial charge on any atom is -0.726 e. The van der Waals surface area contributed by atoms with Gasteiger partial charge in [0.1, 0.15) is 0 Å². The Kier molecular flexibility index (Phi) is 4.54. The Morgan fingerprint density at radius 3 is 2.53 bits per heavy atom. The maximum atomic E-state index is 10.1. The first-order chi connectivity index (χ1) is 7.08. The van der Waals surface area contributed by atoms with Crippen LogP contribution < -0.4 is 5.32 Å². The molecule has 6 heteroatoms. The lowest BCUT2D eigenvalue weighted by Gasteiger charge is -2.08. The Morgan fingerprint density at radius 1 is 1.27 bits per heavy atom. The normalized spacial score (nSPS) is 11.3. The smallest absolute Gasteiger partial charge is 0.217 e. The number of rotatable bonds is 6. The maximum Gasteiger partial charge on any atom is 0.217 e. The maximum absolute atomic E-state index is 10.1. The highest BCUT2D eigenvalue weighted by Crippen LogP contribution is 2.04. The predicted octanol–water partition coefficient (Wildman–Crippen LogP) is 0.965. The second-order valence-electron chi connectivity index (χ2n) is 2.88. The molecule has 0 aliphatic heterocycles. The number of para-hydroxylation sites is 1. The van der Waals surface area contributed by atoms with Crippen molar-refractivity contribution in [2.75, 3.05) is 18.5 Å². The highest BCUT2D eigenvalue weighted by atomic mass is 32.3. The van der Waals surface area contributed by atoms with Crippen molar-refractivity contribution in [2.45, 2.75) is 6.42 Å². The fraction of sp³-hybridized carbons (Fsp3) is 0.333. The Bertz CT molecular complexity index is 376. The molecule has 0 saturated heterocycles. The highest BCUT2D eigenvalue weighted by molar-refractivity contribution is 7.80. The first-order valence-electron chi connectivity index (χ1n) is 4.47. The molecular weight excluding hydrogens is 218 g/mol. The molecular formula is C9H12NO4S-. The Morgan fingerprint density at radius 2 is 1.93 bits per heavy atom. The molecule has 84 valence electrons. The minimum atomic E-state index is -4.55. The summed E-state index contributed by atoms with van der Waals surface area (Å²) in [5.41, 5.74) is 0.947. The third kappa shape index (κ3) is 6.05. The van der Waals surface area contributed by atoms with Crippen LogP contribution in [0.25, 0.3) is 0 Å². The highest BCUT2D eigenvalue weighted by Gasteiger charge is 1.94. The summed E-state index contributed by atoms with van der Waals surface area (Å²) >= 11 is 0. The van der Waals surface area contributed by atoms with Crippen molar-refractivity contribution in [3.05, 3.63) is 30.3 Å². The van der Waals surface area contributed by atoms with E-state index in [1.807, 2.05) is 30.3 Å². The van der Waals surface area contributed by atoms with Gasteiger partial charge in [0.15, 0.2) is 0 Å². The molecule has 0 aliphatic carbocycles. The van der Waals surface area contributed by atoms with Gasteiger partial charge in [0.2, 0.25) is 10.4 Å². The van der Waals surface area contributed by atoms with Gasteiger partial charge in [-0.2, -0.15) is 0 Å². The van der Waals surface area contributed by atoms with Gasteiger partial charge in [-0.25, -0.2) is 8.42 Å². The average molecular weight is 230 g/mol. The standard InChI is InChI=1S/C9H13NO4S/c11-15(12,13)14-8-4-7-10-9-5-2-1-3-6-9/h1-3,5-6,10H,4,7-8H2,(H,11,12,13)/p-1. The quantitative estimate of drug-likeness (QED) is 0.447. The number of nitrogens with one attached hydrogen (secondary N) is 1. The van der Waals surface area contributed by atoms with Gasteiger partial charge in [0, 0.05) is 12.2 Å². The molecule has 0 heterocycles. The third-order valence-electron chi connectivity index (χ3n) is 1.65. The Labute approximate surface area is 89.0 Å². The van der Waals surface area contributed by atoms with Crippen LogP contribution in [-0.4, -0.2) is 26.1 Å². The van der Waals surface area contributed by atoms with Crippen LogP contribution in [0.4, 0.5) is 5.69 Å². The SMILES string of the molecule is O=S(=O)([O-])OCCCNc1ccccc1. The van der Waals surface area contributed by atoms with E-state index in [4.69, 9.17) is 0 Å². The molecule has 0 atom stereocenters. The van der Waals surface area contributed by atoms with Crippen molar-refractivity contribution in [3.63, 3.8) is 0 Å². The summed E-state index contributed by atoms with van der Waals surface area (Å²) in [5, 5.41) is 3.05. The topological polar surface area (TPSA) is 78.5 Å². The Balaban J connectivity index is 2.13. The van der Waals surface area contributed by atoms with Crippen molar-refractivity contribution in [1.82, 2.24) is 0 Å². The molecule has 5 nitrogen and oxygen atoms in total. The van der Waals surface area contributed by atoms with E-state index in [0.717, 1.165) is 5.69 Å². The number of benzene rings is 1. The molecule has 0 unspecified atom stereocenters. The van der Waals surface area contributed by atoms with Gasteiger partial charge in [-0.3, -0.25) is 4.18 Å². The van der Waals surface area contributed by atoms with Crippen LogP contribution in [0.1, 0.15) is 6.42 Å². The molecule has 15 heavy (non-hydrogen) atoms. The molecule has 0 bridgehead atoms. The average Bonchev–Trinajstić information content (AvgIpc) is 2.17. The van der Waals surface area contributed by atoms with E-state index < -0.39 is 10.4 Å².